The average Bonchev–Trinajstić information content (AvgIpc) is 3.06. The molecule has 0 atom stereocenters. The number of ether oxygens (including phenoxy) is 1. The number of benzene rings is 1. The second-order valence-corrected chi connectivity index (χ2v) is 7.53. The Morgan fingerprint density at radius 1 is 1.21 bits per heavy atom. The number of carbonyl (C=O) groups excluding carboxylic acids is 1. The number of anilines is 1. The largest absolute Gasteiger partial charge is 0.494 e. The number of hydrogen-bond donors (Lipinski definition) is 2. The van der Waals surface area contributed by atoms with Crippen molar-refractivity contribution < 1.29 is 9.53 Å². The van der Waals surface area contributed by atoms with Crippen LogP contribution < -0.4 is 15.4 Å². The molecule has 0 unspecified atom stereocenters. The molecular weight excluding hydrogens is 368 g/mol. The Kier molecular flexibility index (Phi) is 6.85. The summed E-state index contributed by atoms with van der Waals surface area (Å²) in [4.78, 5) is 16.4. The molecule has 8 nitrogen and oxygen atoms in total. The van der Waals surface area contributed by atoms with E-state index in [1.54, 1.807) is 0 Å². The van der Waals surface area contributed by atoms with Gasteiger partial charge in [0.25, 0.3) is 0 Å². The highest BCUT2D eigenvalue weighted by molar-refractivity contribution is 5.84. The van der Waals surface area contributed by atoms with Gasteiger partial charge in [0.05, 0.1) is 17.6 Å². The van der Waals surface area contributed by atoms with Crippen LogP contribution in [0.2, 0.25) is 0 Å². The van der Waals surface area contributed by atoms with E-state index in [4.69, 9.17) is 9.72 Å². The number of amides is 1. The number of rotatable bonds is 10. The van der Waals surface area contributed by atoms with E-state index in [1.807, 2.05) is 50.3 Å². The van der Waals surface area contributed by atoms with E-state index in [9.17, 15) is 4.79 Å². The van der Waals surface area contributed by atoms with Crippen molar-refractivity contribution in [3.63, 3.8) is 0 Å². The van der Waals surface area contributed by atoms with Crippen molar-refractivity contribution in [2.75, 3.05) is 25.0 Å². The molecule has 1 aromatic carbocycles. The molecule has 2 heterocycles. The highest BCUT2D eigenvalue weighted by atomic mass is 16.5. The summed E-state index contributed by atoms with van der Waals surface area (Å²) in [6.45, 7) is 10.0. The van der Waals surface area contributed by atoms with E-state index in [0.717, 1.165) is 42.0 Å². The number of aromatic nitrogens is 4. The van der Waals surface area contributed by atoms with Crippen LogP contribution in [0.5, 0.6) is 5.75 Å². The lowest BCUT2D eigenvalue weighted by Gasteiger charge is -2.11. The summed E-state index contributed by atoms with van der Waals surface area (Å²) in [6.07, 6.45) is 2.40. The maximum atomic E-state index is 11.7. The van der Waals surface area contributed by atoms with Crippen LogP contribution in [0, 0.1) is 12.8 Å². The van der Waals surface area contributed by atoms with E-state index in [0.29, 0.717) is 37.0 Å². The number of fused-ring (bicyclic) bond motifs is 3. The molecule has 0 saturated heterocycles. The van der Waals surface area contributed by atoms with Crippen molar-refractivity contribution in [1.29, 1.82) is 0 Å². The molecule has 29 heavy (non-hydrogen) atoms. The summed E-state index contributed by atoms with van der Waals surface area (Å²) in [6, 6.07) is 5.86. The van der Waals surface area contributed by atoms with Gasteiger partial charge in [-0.2, -0.15) is 0 Å². The molecule has 0 radical (unpaired) electrons. The summed E-state index contributed by atoms with van der Waals surface area (Å²) in [5, 5.41) is 14.9. The molecule has 0 bridgehead atoms. The Balaban J connectivity index is 1.66. The van der Waals surface area contributed by atoms with Crippen molar-refractivity contribution >= 4 is 28.4 Å². The van der Waals surface area contributed by atoms with Crippen LogP contribution in [0.3, 0.4) is 0 Å². The van der Waals surface area contributed by atoms with Crippen molar-refractivity contribution in [1.82, 2.24) is 24.9 Å². The average molecular weight is 399 g/mol. The van der Waals surface area contributed by atoms with E-state index >= 15 is 0 Å². The maximum absolute atomic E-state index is 11.7. The Morgan fingerprint density at radius 3 is 2.76 bits per heavy atom. The first-order chi connectivity index (χ1) is 14.0. The van der Waals surface area contributed by atoms with Gasteiger partial charge in [0.2, 0.25) is 11.6 Å². The molecule has 3 aromatic rings. The topological polar surface area (TPSA) is 93.4 Å². The maximum Gasteiger partial charge on any atom is 0.220 e. The highest BCUT2D eigenvalue weighted by Crippen LogP contribution is 2.25. The SMILES string of the molecule is CCOc1ccc2c(c1)nc(NCCCCNC(=O)CC(C)C)c1nnc(C)n12. The zero-order chi connectivity index (χ0) is 20.8. The van der Waals surface area contributed by atoms with E-state index < -0.39 is 0 Å². The zero-order valence-corrected chi connectivity index (χ0v) is 17.7. The lowest BCUT2D eigenvalue weighted by molar-refractivity contribution is -0.121. The van der Waals surface area contributed by atoms with E-state index in [1.165, 1.54) is 0 Å². The second kappa shape index (κ2) is 9.54. The third-order valence-corrected chi connectivity index (χ3v) is 4.58. The third-order valence-electron chi connectivity index (χ3n) is 4.58. The van der Waals surface area contributed by atoms with Gasteiger partial charge >= 0.3 is 0 Å². The number of hydrogen-bond acceptors (Lipinski definition) is 6. The van der Waals surface area contributed by atoms with Crippen molar-refractivity contribution in [3.8, 4) is 5.75 Å². The van der Waals surface area contributed by atoms with Crippen LogP contribution in [-0.4, -0.2) is 45.2 Å². The van der Waals surface area contributed by atoms with E-state index in [2.05, 4.69) is 20.8 Å². The lowest BCUT2D eigenvalue weighted by Crippen LogP contribution is -2.25. The van der Waals surface area contributed by atoms with Crippen molar-refractivity contribution in [2.24, 2.45) is 5.92 Å². The first-order valence-electron chi connectivity index (χ1n) is 10.3. The fraction of sp³-hybridized carbons (Fsp3) is 0.524. The summed E-state index contributed by atoms with van der Waals surface area (Å²) < 4.78 is 7.62. The quantitative estimate of drug-likeness (QED) is 0.509. The molecule has 0 spiro atoms. The van der Waals surface area contributed by atoms with Crippen LogP contribution in [0.25, 0.3) is 16.7 Å². The Labute approximate surface area is 171 Å². The van der Waals surface area contributed by atoms with Crippen LogP contribution in [-0.2, 0) is 4.79 Å². The first-order valence-corrected chi connectivity index (χ1v) is 10.3. The number of carbonyl (C=O) groups is 1. The van der Waals surface area contributed by atoms with Crippen LogP contribution in [0.4, 0.5) is 5.82 Å². The van der Waals surface area contributed by atoms with Gasteiger partial charge in [-0.25, -0.2) is 4.98 Å². The molecule has 2 N–H and O–H groups in total. The summed E-state index contributed by atoms with van der Waals surface area (Å²) in [5.74, 6) is 2.81. The normalized spacial score (nSPS) is 11.3. The summed E-state index contributed by atoms with van der Waals surface area (Å²) in [7, 11) is 0. The molecule has 8 heteroatoms. The Hall–Kier alpha value is -2.90. The first kappa shape index (κ1) is 20.8. The van der Waals surface area contributed by atoms with Gasteiger partial charge < -0.3 is 15.4 Å². The van der Waals surface area contributed by atoms with Gasteiger partial charge in [0, 0.05) is 25.6 Å². The molecule has 3 rings (SSSR count). The Bertz CT molecular complexity index is 982. The minimum absolute atomic E-state index is 0.120. The monoisotopic (exact) mass is 398 g/mol. The predicted molar refractivity (Wildman–Crippen MR) is 114 cm³/mol. The number of nitrogens with one attached hydrogen (secondary N) is 2. The third kappa shape index (κ3) is 5.13. The number of nitrogens with zero attached hydrogens (tertiary/aromatic N) is 4. The van der Waals surface area contributed by atoms with E-state index in [-0.39, 0.29) is 5.91 Å². The van der Waals surface area contributed by atoms with Crippen LogP contribution in [0.15, 0.2) is 18.2 Å². The molecule has 0 saturated carbocycles. The predicted octanol–water partition coefficient (Wildman–Crippen LogP) is 3.34. The molecule has 0 fully saturated rings. The van der Waals surface area contributed by atoms with Crippen LogP contribution >= 0.6 is 0 Å². The molecule has 0 aliphatic carbocycles. The molecule has 2 aromatic heterocycles. The fourth-order valence-electron chi connectivity index (χ4n) is 3.26. The Morgan fingerprint density at radius 2 is 2.00 bits per heavy atom. The highest BCUT2D eigenvalue weighted by Gasteiger charge is 2.13. The minimum atomic E-state index is 0.120. The summed E-state index contributed by atoms with van der Waals surface area (Å²) in [5.41, 5.74) is 2.49. The van der Waals surface area contributed by atoms with Gasteiger partial charge in [-0.15, -0.1) is 10.2 Å². The number of aryl methyl sites for hydroxylation is 1. The molecule has 1 amide bonds. The minimum Gasteiger partial charge on any atom is -0.494 e. The fourth-order valence-corrected chi connectivity index (χ4v) is 3.26. The van der Waals surface area contributed by atoms with Gasteiger partial charge in [-0.1, -0.05) is 13.8 Å². The molecule has 0 aliphatic rings. The lowest BCUT2D eigenvalue weighted by atomic mass is 10.1. The molecule has 0 aliphatic heterocycles. The molecular formula is C21H30N6O2. The summed E-state index contributed by atoms with van der Waals surface area (Å²) >= 11 is 0. The standard InChI is InChI=1S/C21H30N6O2/c1-5-29-16-8-9-18-17(13-16)24-20(21-26-25-15(4)27(18)21)23-11-7-6-10-22-19(28)12-14(2)3/h8-9,13-14H,5-7,10-12H2,1-4H3,(H,22,28)(H,23,24). The van der Waals surface area contributed by atoms with Gasteiger partial charge in [0.1, 0.15) is 11.6 Å². The smallest absolute Gasteiger partial charge is 0.220 e. The van der Waals surface area contributed by atoms with Gasteiger partial charge in [0.15, 0.2) is 5.82 Å². The second-order valence-electron chi connectivity index (χ2n) is 7.53. The zero-order valence-electron chi connectivity index (χ0n) is 17.7. The van der Waals surface area contributed by atoms with Crippen LogP contribution in [0.1, 0.15) is 45.9 Å². The van der Waals surface area contributed by atoms with Gasteiger partial charge in [-0.3, -0.25) is 9.20 Å². The molecule has 156 valence electrons. The van der Waals surface area contributed by atoms with Gasteiger partial charge in [-0.05, 0) is 44.7 Å². The van der Waals surface area contributed by atoms with Crippen molar-refractivity contribution in [2.45, 2.75) is 47.0 Å². The number of unbranched alkanes of at least 4 members (excludes halogenated alkanes) is 1. The van der Waals surface area contributed by atoms with Crippen molar-refractivity contribution in [3.05, 3.63) is 24.0 Å².